The summed E-state index contributed by atoms with van der Waals surface area (Å²) in [7, 11) is -3.71. The smallest absolute Gasteiger partial charge is 0.244 e. The van der Waals surface area contributed by atoms with Crippen molar-refractivity contribution in [2.45, 2.75) is 17.5 Å². The number of sulfonamides is 1. The van der Waals surface area contributed by atoms with Crippen LogP contribution in [0.1, 0.15) is 17.3 Å². The van der Waals surface area contributed by atoms with Crippen LogP contribution in [0, 0.1) is 0 Å². The van der Waals surface area contributed by atoms with Crippen molar-refractivity contribution < 1.29 is 8.42 Å². The first-order valence-electron chi connectivity index (χ1n) is 8.15. The van der Waals surface area contributed by atoms with E-state index in [4.69, 9.17) is 23.2 Å². The molecule has 0 radical (unpaired) electrons. The van der Waals surface area contributed by atoms with Crippen molar-refractivity contribution in [3.05, 3.63) is 88.2 Å². The van der Waals surface area contributed by atoms with Gasteiger partial charge in [-0.2, -0.15) is 4.31 Å². The van der Waals surface area contributed by atoms with Gasteiger partial charge in [-0.15, -0.1) is 0 Å². The highest BCUT2D eigenvalue weighted by atomic mass is 35.5. The summed E-state index contributed by atoms with van der Waals surface area (Å²) < 4.78 is 30.3. The standard InChI is InChI=1S/C19H16Cl2N2O2S/c20-15-8-6-14(7-9-15)19-18-5-2-10-22(18)11-12-23(19)26(24,25)17-4-1-3-16(21)13-17/h1-10,13,19H,11-12H2/t19-/m1/s1. The van der Waals surface area contributed by atoms with E-state index in [0.29, 0.717) is 23.1 Å². The molecule has 0 unspecified atom stereocenters. The minimum Gasteiger partial charge on any atom is -0.348 e. The lowest BCUT2D eigenvalue weighted by Gasteiger charge is -2.36. The summed E-state index contributed by atoms with van der Waals surface area (Å²) in [6.07, 6.45) is 1.97. The monoisotopic (exact) mass is 406 g/mol. The fraction of sp³-hybridized carbons (Fsp3) is 0.158. The molecule has 0 fully saturated rings. The van der Waals surface area contributed by atoms with Crippen molar-refractivity contribution in [1.29, 1.82) is 0 Å². The fourth-order valence-corrected chi connectivity index (χ4v) is 5.37. The highest BCUT2D eigenvalue weighted by molar-refractivity contribution is 7.89. The summed E-state index contributed by atoms with van der Waals surface area (Å²) in [6, 6.07) is 17.2. The van der Waals surface area contributed by atoms with Gasteiger partial charge >= 0.3 is 0 Å². The van der Waals surface area contributed by atoms with Gasteiger partial charge in [-0.3, -0.25) is 0 Å². The number of rotatable bonds is 3. The molecule has 26 heavy (non-hydrogen) atoms. The zero-order valence-corrected chi connectivity index (χ0v) is 16.0. The van der Waals surface area contributed by atoms with Crippen molar-refractivity contribution in [2.75, 3.05) is 6.54 Å². The van der Waals surface area contributed by atoms with E-state index in [0.717, 1.165) is 11.3 Å². The predicted octanol–water partition coefficient (Wildman–Crippen LogP) is 4.59. The molecule has 4 nitrogen and oxygen atoms in total. The topological polar surface area (TPSA) is 42.3 Å². The minimum atomic E-state index is -3.71. The molecule has 0 aliphatic carbocycles. The first-order valence-corrected chi connectivity index (χ1v) is 10.3. The van der Waals surface area contributed by atoms with E-state index in [1.54, 1.807) is 30.3 Å². The lowest BCUT2D eigenvalue weighted by molar-refractivity contribution is 0.298. The van der Waals surface area contributed by atoms with Crippen molar-refractivity contribution in [3.8, 4) is 0 Å². The summed E-state index contributed by atoms with van der Waals surface area (Å²) in [5.74, 6) is 0. The van der Waals surface area contributed by atoms with Gasteiger partial charge in [0, 0.05) is 35.0 Å². The fourth-order valence-electron chi connectivity index (χ4n) is 3.37. The SMILES string of the molecule is O=S(=O)(c1cccc(Cl)c1)N1CCn2cccc2[C@H]1c1ccc(Cl)cc1. The van der Waals surface area contributed by atoms with Crippen LogP contribution in [0.15, 0.2) is 71.8 Å². The van der Waals surface area contributed by atoms with Gasteiger partial charge < -0.3 is 4.57 Å². The first kappa shape index (κ1) is 17.6. The van der Waals surface area contributed by atoms with Gasteiger partial charge in [0.2, 0.25) is 10.0 Å². The Bertz CT molecular complexity index is 1050. The maximum absolute atomic E-state index is 13.4. The number of hydrogen-bond acceptors (Lipinski definition) is 2. The van der Waals surface area contributed by atoms with Gasteiger partial charge in [0.15, 0.2) is 0 Å². The van der Waals surface area contributed by atoms with Crippen LogP contribution in [0.3, 0.4) is 0 Å². The van der Waals surface area contributed by atoms with Crippen LogP contribution in [0.2, 0.25) is 10.0 Å². The average molecular weight is 407 g/mol. The van der Waals surface area contributed by atoms with Crippen molar-refractivity contribution >= 4 is 33.2 Å². The summed E-state index contributed by atoms with van der Waals surface area (Å²) in [5, 5.41) is 1.01. The van der Waals surface area contributed by atoms with Gasteiger partial charge in [0.05, 0.1) is 10.9 Å². The van der Waals surface area contributed by atoms with Crippen molar-refractivity contribution in [3.63, 3.8) is 0 Å². The molecule has 1 aromatic heterocycles. The molecule has 0 saturated carbocycles. The van der Waals surface area contributed by atoms with Gasteiger partial charge in [0.1, 0.15) is 0 Å². The van der Waals surface area contributed by atoms with Gasteiger partial charge in [-0.1, -0.05) is 41.4 Å². The van der Waals surface area contributed by atoms with Crippen LogP contribution < -0.4 is 0 Å². The number of hydrogen-bond donors (Lipinski definition) is 0. The van der Waals surface area contributed by atoms with E-state index < -0.39 is 16.1 Å². The molecule has 1 aliphatic rings. The Morgan fingerprint density at radius 3 is 2.38 bits per heavy atom. The molecule has 0 spiro atoms. The molecule has 134 valence electrons. The van der Waals surface area contributed by atoms with Crippen LogP contribution in [0.25, 0.3) is 0 Å². The third-order valence-corrected chi connectivity index (χ3v) is 6.93. The van der Waals surface area contributed by atoms with Gasteiger partial charge in [-0.25, -0.2) is 8.42 Å². The minimum absolute atomic E-state index is 0.198. The summed E-state index contributed by atoms with van der Waals surface area (Å²) >= 11 is 12.0. The summed E-state index contributed by atoms with van der Waals surface area (Å²) in [5.41, 5.74) is 1.81. The molecule has 2 aromatic carbocycles. The largest absolute Gasteiger partial charge is 0.348 e. The van der Waals surface area contributed by atoms with Crippen molar-refractivity contribution in [2.24, 2.45) is 0 Å². The quantitative estimate of drug-likeness (QED) is 0.638. The summed E-state index contributed by atoms with van der Waals surface area (Å²) in [6.45, 7) is 0.982. The van der Waals surface area contributed by atoms with Gasteiger partial charge in [-0.05, 0) is 48.0 Å². The molecule has 1 aliphatic heterocycles. The molecule has 3 aromatic rings. The van der Waals surface area contributed by atoms with E-state index in [2.05, 4.69) is 4.57 Å². The van der Waals surface area contributed by atoms with Crippen LogP contribution in [-0.2, 0) is 16.6 Å². The Morgan fingerprint density at radius 1 is 0.885 bits per heavy atom. The first-order chi connectivity index (χ1) is 12.5. The van der Waals surface area contributed by atoms with E-state index in [9.17, 15) is 8.42 Å². The lowest BCUT2D eigenvalue weighted by Crippen LogP contribution is -2.42. The second kappa shape index (κ2) is 6.74. The number of halogens is 2. The second-order valence-corrected chi connectivity index (χ2v) is 8.92. The number of nitrogens with zero attached hydrogens (tertiary/aromatic N) is 2. The van der Waals surface area contributed by atoms with E-state index in [1.165, 1.54) is 10.4 Å². The Hall–Kier alpha value is -1.79. The highest BCUT2D eigenvalue weighted by Crippen LogP contribution is 2.37. The molecule has 0 bridgehead atoms. The van der Waals surface area contributed by atoms with Crippen LogP contribution >= 0.6 is 23.2 Å². The summed E-state index contributed by atoms with van der Waals surface area (Å²) in [4.78, 5) is 0.198. The van der Waals surface area contributed by atoms with Crippen LogP contribution in [0.5, 0.6) is 0 Å². The molecule has 0 N–H and O–H groups in total. The lowest BCUT2D eigenvalue weighted by atomic mass is 10.0. The maximum atomic E-state index is 13.4. The van der Waals surface area contributed by atoms with E-state index >= 15 is 0 Å². The second-order valence-electron chi connectivity index (χ2n) is 6.15. The zero-order chi connectivity index (χ0) is 18.3. The van der Waals surface area contributed by atoms with E-state index in [1.807, 2.05) is 30.5 Å². The average Bonchev–Trinajstić information content (AvgIpc) is 3.10. The van der Waals surface area contributed by atoms with Crippen LogP contribution in [0.4, 0.5) is 0 Å². The molecule has 7 heteroatoms. The predicted molar refractivity (Wildman–Crippen MR) is 103 cm³/mol. The molecule has 4 rings (SSSR count). The molecular weight excluding hydrogens is 391 g/mol. The molecule has 2 heterocycles. The Kier molecular flexibility index (Phi) is 4.57. The zero-order valence-electron chi connectivity index (χ0n) is 13.7. The third-order valence-electron chi connectivity index (χ3n) is 4.58. The Balaban J connectivity index is 1.85. The molecule has 0 saturated heterocycles. The van der Waals surface area contributed by atoms with Crippen molar-refractivity contribution in [1.82, 2.24) is 8.87 Å². The molecule has 1 atom stereocenters. The normalized spacial score (nSPS) is 17.8. The number of aromatic nitrogens is 1. The highest BCUT2D eigenvalue weighted by Gasteiger charge is 2.37. The molecule has 0 amide bonds. The Morgan fingerprint density at radius 2 is 1.65 bits per heavy atom. The number of benzene rings is 2. The van der Waals surface area contributed by atoms with E-state index in [-0.39, 0.29) is 4.90 Å². The van der Waals surface area contributed by atoms with Crippen LogP contribution in [-0.4, -0.2) is 23.8 Å². The number of fused-ring (bicyclic) bond motifs is 1. The van der Waals surface area contributed by atoms with Gasteiger partial charge in [0.25, 0.3) is 0 Å². The third kappa shape index (κ3) is 3.05. The molecular formula is C19H16Cl2N2O2S. The maximum Gasteiger partial charge on any atom is 0.244 e. The Labute approximate surface area is 162 Å².